The van der Waals surface area contributed by atoms with Crippen molar-refractivity contribution in [3.63, 3.8) is 0 Å². The van der Waals surface area contributed by atoms with E-state index >= 15 is 0 Å². The number of carbonyl (C=O) groups is 2. The van der Waals surface area contributed by atoms with Gasteiger partial charge in [-0.3, -0.25) is 4.79 Å². The van der Waals surface area contributed by atoms with Crippen molar-refractivity contribution in [2.75, 3.05) is 13.9 Å². The largest absolute Gasteiger partial charge is 0.870 e. The number of fused-ring (bicyclic) bond motifs is 5. The summed E-state index contributed by atoms with van der Waals surface area (Å²) in [4.78, 5) is 23.9. The first-order valence-corrected chi connectivity index (χ1v) is 12.3. The van der Waals surface area contributed by atoms with Gasteiger partial charge in [-0.2, -0.15) is 4.57 Å². The van der Waals surface area contributed by atoms with Crippen molar-refractivity contribution >= 4 is 28.8 Å². The molecule has 6 rings (SSSR count). The molecule has 9 nitrogen and oxygen atoms in total. The second-order valence-corrected chi connectivity index (χ2v) is 9.12. The normalized spacial score (nSPS) is 13.2. The monoisotopic (exact) mass is 525 g/mol. The number of methoxy groups -OCH3 is 1. The van der Waals surface area contributed by atoms with Crippen molar-refractivity contribution in [3.8, 4) is 45.8 Å². The number of esters is 2. The SMILES string of the molecule is COc1ccc2cc3[n+](cc2c1OC(=O)/C=C/c1ccc(OC(C)=O)c([O-])c1)CCc1cc2c(cc1-3)OCO2. The van der Waals surface area contributed by atoms with Crippen molar-refractivity contribution in [2.24, 2.45) is 0 Å². The summed E-state index contributed by atoms with van der Waals surface area (Å²) in [5.41, 5.74) is 3.74. The third kappa shape index (κ3) is 4.59. The highest BCUT2D eigenvalue weighted by Crippen LogP contribution is 2.41. The van der Waals surface area contributed by atoms with E-state index in [0.717, 1.165) is 46.5 Å². The average Bonchev–Trinajstić information content (AvgIpc) is 3.38. The Morgan fingerprint density at radius 3 is 2.56 bits per heavy atom. The molecule has 2 aliphatic heterocycles. The van der Waals surface area contributed by atoms with E-state index in [9.17, 15) is 14.7 Å². The van der Waals surface area contributed by atoms with Gasteiger partial charge < -0.3 is 28.8 Å². The van der Waals surface area contributed by atoms with Gasteiger partial charge in [0.15, 0.2) is 35.7 Å². The lowest BCUT2D eigenvalue weighted by Gasteiger charge is -2.17. The van der Waals surface area contributed by atoms with Crippen LogP contribution in [0, 0.1) is 0 Å². The van der Waals surface area contributed by atoms with Crippen molar-refractivity contribution in [1.82, 2.24) is 0 Å². The Balaban J connectivity index is 1.31. The first-order chi connectivity index (χ1) is 18.9. The molecule has 0 unspecified atom stereocenters. The molecule has 1 aromatic heterocycles. The van der Waals surface area contributed by atoms with E-state index in [1.807, 2.05) is 24.4 Å². The van der Waals surface area contributed by atoms with Crippen LogP contribution in [0.5, 0.6) is 34.5 Å². The van der Waals surface area contributed by atoms with Gasteiger partial charge in [-0.05, 0) is 52.9 Å². The number of hydrogen-bond donors (Lipinski definition) is 0. The summed E-state index contributed by atoms with van der Waals surface area (Å²) in [5.74, 6) is 0.436. The zero-order chi connectivity index (χ0) is 27.1. The number of aromatic nitrogens is 1. The van der Waals surface area contributed by atoms with E-state index in [0.29, 0.717) is 17.1 Å². The van der Waals surface area contributed by atoms with Gasteiger partial charge in [0, 0.05) is 25.5 Å². The van der Waals surface area contributed by atoms with Crippen molar-refractivity contribution < 1.29 is 42.9 Å². The molecule has 0 N–H and O–H groups in total. The number of carbonyl (C=O) groups excluding carboxylic acids is 2. The maximum absolute atomic E-state index is 12.8. The zero-order valence-corrected chi connectivity index (χ0v) is 21.2. The van der Waals surface area contributed by atoms with Crippen LogP contribution in [0.25, 0.3) is 28.1 Å². The summed E-state index contributed by atoms with van der Waals surface area (Å²) in [6.45, 7) is 2.17. The van der Waals surface area contributed by atoms with Crippen LogP contribution >= 0.6 is 0 Å². The Labute approximate surface area is 223 Å². The summed E-state index contributed by atoms with van der Waals surface area (Å²) in [6.07, 6.45) is 5.46. The van der Waals surface area contributed by atoms with Crippen LogP contribution in [0.3, 0.4) is 0 Å². The van der Waals surface area contributed by atoms with Crippen LogP contribution in [0.4, 0.5) is 0 Å². The molecule has 0 aliphatic carbocycles. The second kappa shape index (κ2) is 9.68. The molecule has 0 saturated heterocycles. The Morgan fingerprint density at radius 1 is 1.00 bits per heavy atom. The maximum atomic E-state index is 12.8. The Kier molecular flexibility index (Phi) is 6.03. The van der Waals surface area contributed by atoms with Gasteiger partial charge in [0.2, 0.25) is 12.5 Å². The fourth-order valence-corrected chi connectivity index (χ4v) is 4.83. The van der Waals surface area contributed by atoms with Gasteiger partial charge in [0.1, 0.15) is 5.75 Å². The molecule has 0 radical (unpaired) electrons. The highest BCUT2D eigenvalue weighted by atomic mass is 16.7. The quantitative estimate of drug-likeness (QED) is 0.168. The summed E-state index contributed by atoms with van der Waals surface area (Å²) in [5, 5.41) is 13.7. The van der Waals surface area contributed by atoms with Gasteiger partial charge in [-0.15, -0.1) is 0 Å². The first-order valence-electron chi connectivity index (χ1n) is 12.3. The van der Waals surface area contributed by atoms with Crippen molar-refractivity contribution in [2.45, 2.75) is 19.9 Å². The van der Waals surface area contributed by atoms with Crippen LogP contribution in [-0.2, 0) is 22.6 Å². The Morgan fingerprint density at radius 2 is 1.79 bits per heavy atom. The van der Waals surface area contributed by atoms with E-state index in [4.69, 9.17) is 23.7 Å². The third-order valence-electron chi connectivity index (χ3n) is 6.63. The van der Waals surface area contributed by atoms with Gasteiger partial charge >= 0.3 is 11.9 Å². The van der Waals surface area contributed by atoms with E-state index in [1.54, 1.807) is 12.1 Å². The number of rotatable bonds is 5. The second-order valence-electron chi connectivity index (χ2n) is 9.12. The van der Waals surface area contributed by atoms with Crippen LogP contribution in [-0.4, -0.2) is 25.8 Å². The molecule has 0 amide bonds. The molecule has 9 heteroatoms. The summed E-state index contributed by atoms with van der Waals surface area (Å²) >= 11 is 0. The number of ether oxygens (including phenoxy) is 5. The van der Waals surface area contributed by atoms with Crippen LogP contribution in [0.1, 0.15) is 18.1 Å². The lowest BCUT2D eigenvalue weighted by atomic mass is 9.95. The zero-order valence-electron chi connectivity index (χ0n) is 21.2. The summed E-state index contributed by atoms with van der Waals surface area (Å²) in [7, 11) is 1.51. The van der Waals surface area contributed by atoms with Gasteiger partial charge in [0.05, 0.1) is 18.1 Å². The number of nitrogens with zero attached hydrogens (tertiary/aromatic N) is 1. The molecule has 39 heavy (non-hydrogen) atoms. The van der Waals surface area contributed by atoms with Crippen LogP contribution in [0.15, 0.2) is 60.8 Å². The molecule has 3 heterocycles. The van der Waals surface area contributed by atoms with Gasteiger partial charge in [-0.1, -0.05) is 17.9 Å². The molecule has 0 bridgehead atoms. The molecule has 0 atom stereocenters. The molecule has 0 saturated carbocycles. The fraction of sp³-hybridized carbons (Fsp3) is 0.167. The molecule has 0 spiro atoms. The van der Waals surface area contributed by atoms with Crippen LogP contribution < -0.4 is 33.4 Å². The third-order valence-corrected chi connectivity index (χ3v) is 6.63. The lowest BCUT2D eigenvalue weighted by Crippen LogP contribution is -2.40. The molecule has 196 valence electrons. The molecule has 3 aromatic carbocycles. The predicted octanol–water partition coefficient (Wildman–Crippen LogP) is 3.71. The van der Waals surface area contributed by atoms with Crippen molar-refractivity contribution in [3.05, 3.63) is 71.9 Å². The predicted molar refractivity (Wildman–Crippen MR) is 138 cm³/mol. The molecular formula is C30H23NO8. The van der Waals surface area contributed by atoms with Gasteiger partial charge in [0.25, 0.3) is 0 Å². The number of pyridine rings is 1. The Hall–Kier alpha value is -5.05. The van der Waals surface area contributed by atoms with Crippen molar-refractivity contribution in [1.29, 1.82) is 0 Å². The fourth-order valence-electron chi connectivity index (χ4n) is 4.83. The van der Waals surface area contributed by atoms with Gasteiger partial charge in [-0.25, -0.2) is 4.79 Å². The lowest BCUT2D eigenvalue weighted by molar-refractivity contribution is -0.686. The molecule has 2 aliphatic rings. The number of benzene rings is 3. The van der Waals surface area contributed by atoms with E-state index in [1.165, 1.54) is 43.9 Å². The maximum Gasteiger partial charge on any atom is 0.336 e. The highest BCUT2D eigenvalue weighted by Gasteiger charge is 2.29. The van der Waals surface area contributed by atoms with E-state index in [-0.39, 0.29) is 12.5 Å². The molecule has 4 aromatic rings. The standard InChI is InChI=1S/C30H23NO8/c1-17(32)38-25-6-3-18(11-24(25)33)4-8-29(34)39-30-22-15-31-10-9-20-13-27-28(37-16-36-27)14-21(20)23(31)12-19(22)5-7-26(30)35-2/h3-8,11-15H,9-10,16H2,1-2H3/b8-4+. The van der Waals surface area contributed by atoms with E-state index in [2.05, 4.69) is 10.6 Å². The number of hydrogen-bond acceptors (Lipinski definition) is 8. The highest BCUT2D eigenvalue weighted by molar-refractivity contribution is 5.96. The molecular weight excluding hydrogens is 502 g/mol. The molecule has 0 fully saturated rings. The minimum Gasteiger partial charge on any atom is -0.870 e. The smallest absolute Gasteiger partial charge is 0.336 e. The summed E-state index contributed by atoms with van der Waals surface area (Å²) in [6, 6.07) is 14.0. The van der Waals surface area contributed by atoms with E-state index < -0.39 is 17.7 Å². The summed E-state index contributed by atoms with van der Waals surface area (Å²) < 4.78 is 29.4. The van der Waals surface area contributed by atoms with Crippen LogP contribution in [0.2, 0.25) is 0 Å². The first kappa shape index (κ1) is 24.3. The average molecular weight is 526 g/mol. The topological polar surface area (TPSA) is 107 Å². The number of aryl methyl sites for hydroxylation is 2. The Bertz CT molecular complexity index is 1690. The minimum absolute atomic E-state index is 0.0728. The minimum atomic E-state index is -0.641.